The molecule has 13 heteroatoms. The molecule has 0 saturated carbocycles. The van der Waals surface area contributed by atoms with Crippen molar-refractivity contribution in [1.29, 1.82) is 0 Å². The zero-order valence-corrected chi connectivity index (χ0v) is 21.6. The van der Waals surface area contributed by atoms with E-state index in [0.717, 1.165) is 5.02 Å². The molecule has 0 aliphatic carbocycles. The molecule has 1 heterocycles. The van der Waals surface area contributed by atoms with Gasteiger partial charge in [0.25, 0.3) is 0 Å². The predicted octanol–water partition coefficient (Wildman–Crippen LogP) is -13.5. The van der Waals surface area contributed by atoms with Crippen LogP contribution >= 0.6 is 11.6 Å². The van der Waals surface area contributed by atoms with E-state index < -0.39 is 0 Å². The smallest absolute Gasteiger partial charge is 0.142 e. The topological polar surface area (TPSA) is 15.8 Å². The fraction of sp³-hybridized carbons (Fsp3) is 0. The Morgan fingerprint density at radius 1 is 0.387 bits per heavy atom. The molecule has 0 fully saturated rings. The average Bonchev–Trinajstić information content (AvgIpc) is 3.14. The lowest BCUT2D eigenvalue weighted by Crippen LogP contribution is -2.56. The zero-order chi connectivity index (χ0) is 23.1. The van der Waals surface area contributed by atoms with Gasteiger partial charge in [0.05, 0.1) is 0 Å². The molecule has 0 atom stereocenters. The highest BCUT2D eigenvalue weighted by Gasteiger charge is 2.24. The van der Waals surface area contributed by atoms with Crippen molar-refractivity contribution >= 4 is 180 Å². The SMILES string of the molecule is Bc1c(B)c(B)c(-c2c(B)c(B)c(B)c3[nH]c4c(B)c(B)c(Cl)c(B)c4c23)c(B)c1B. The fourth-order valence-electron chi connectivity index (χ4n) is 5.46. The average molecular weight is 408 g/mol. The van der Waals surface area contributed by atoms with Gasteiger partial charge in [0.15, 0.2) is 0 Å². The number of H-pyrrole nitrogens is 1. The molecule has 0 radical (unpaired) electrons. The molecule has 140 valence electrons. The van der Waals surface area contributed by atoms with Gasteiger partial charge in [0, 0.05) is 26.8 Å². The van der Waals surface area contributed by atoms with Crippen LogP contribution in [0.5, 0.6) is 0 Å². The van der Waals surface area contributed by atoms with Gasteiger partial charge < -0.3 is 4.98 Å². The van der Waals surface area contributed by atoms with Gasteiger partial charge >= 0.3 is 0 Å². The molecule has 0 spiro atoms. The molecule has 0 aliphatic heterocycles. The van der Waals surface area contributed by atoms with E-state index in [9.17, 15) is 0 Å². The van der Waals surface area contributed by atoms with Crippen LogP contribution in [0.3, 0.4) is 0 Å². The molecule has 1 N–H and O–H groups in total. The van der Waals surface area contributed by atoms with E-state index in [1.165, 1.54) is 93.0 Å². The fourth-order valence-corrected chi connectivity index (χ4v) is 5.70. The summed E-state index contributed by atoms with van der Waals surface area (Å²) in [4.78, 5) is 3.82. The summed E-state index contributed by atoms with van der Waals surface area (Å²) in [5, 5.41) is 3.49. The standard InChI is InChI=1S/C18H23B11ClN/c19-5-1(3-6(20)9(23)12(26)10(24)7(3)21)2-4-8(22)16(30)13(27)15(29)18(4)31-17(2)14(28)11(5)25/h31H,19-29H2. The maximum Gasteiger partial charge on any atom is 0.142 e. The summed E-state index contributed by atoms with van der Waals surface area (Å²) in [5.74, 6) is 0. The normalized spacial score (nSPS) is 11.5. The Kier molecular flexibility index (Phi) is 5.49. The Bertz CT molecular complexity index is 1430. The number of benzene rings is 3. The van der Waals surface area contributed by atoms with Gasteiger partial charge in [-0.25, -0.2) is 0 Å². The number of aromatic nitrogens is 1. The van der Waals surface area contributed by atoms with Gasteiger partial charge in [-0.1, -0.05) is 55.3 Å². The first kappa shape index (κ1) is 22.7. The van der Waals surface area contributed by atoms with Gasteiger partial charge in [0.2, 0.25) is 0 Å². The number of hydrogen-bond donors (Lipinski definition) is 1. The van der Waals surface area contributed by atoms with Gasteiger partial charge in [-0.15, -0.1) is 16.4 Å². The summed E-state index contributed by atoms with van der Waals surface area (Å²) in [5.41, 5.74) is 19.8. The Labute approximate surface area is 200 Å². The molecule has 0 aliphatic rings. The molecule has 31 heavy (non-hydrogen) atoms. The number of rotatable bonds is 1. The molecule has 0 saturated heterocycles. The first-order valence-electron chi connectivity index (χ1n) is 11.2. The van der Waals surface area contributed by atoms with Crippen LogP contribution < -0.4 is 60.1 Å². The highest BCUT2D eigenvalue weighted by molar-refractivity contribution is 6.71. The number of hydrogen-bond acceptors (Lipinski definition) is 0. The second kappa shape index (κ2) is 7.51. The summed E-state index contributed by atoms with van der Waals surface area (Å²) in [7, 11) is 24.6. The van der Waals surface area contributed by atoms with Crippen LogP contribution in [-0.2, 0) is 0 Å². The minimum atomic E-state index is 0.887. The molecule has 0 bridgehead atoms. The van der Waals surface area contributed by atoms with Crippen LogP contribution in [0, 0.1) is 0 Å². The molecule has 4 aromatic rings. The lowest BCUT2D eigenvalue weighted by molar-refractivity contribution is 1.59. The van der Waals surface area contributed by atoms with Crippen molar-refractivity contribution in [3.8, 4) is 11.1 Å². The predicted molar refractivity (Wildman–Crippen MR) is 176 cm³/mol. The highest BCUT2D eigenvalue weighted by atomic mass is 35.5. The van der Waals surface area contributed by atoms with E-state index in [1.54, 1.807) is 0 Å². The van der Waals surface area contributed by atoms with Crippen molar-refractivity contribution in [2.45, 2.75) is 0 Å². The van der Waals surface area contributed by atoms with E-state index in [-0.39, 0.29) is 0 Å². The van der Waals surface area contributed by atoms with Crippen LogP contribution in [0.15, 0.2) is 0 Å². The van der Waals surface area contributed by atoms with Gasteiger partial charge in [0.1, 0.15) is 86.3 Å². The van der Waals surface area contributed by atoms with E-state index in [1.807, 2.05) is 0 Å². The van der Waals surface area contributed by atoms with Crippen LogP contribution in [0.4, 0.5) is 0 Å². The van der Waals surface area contributed by atoms with Crippen molar-refractivity contribution in [3.05, 3.63) is 5.02 Å². The monoisotopic (exact) mass is 409 g/mol. The lowest BCUT2D eigenvalue weighted by atomic mass is 9.58. The quantitative estimate of drug-likeness (QED) is 0.302. The summed E-state index contributed by atoms with van der Waals surface area (Å²) in [6.45, 7) is 0. The third kappa shape index (κ3) is 2.93. The van der Waals surface area contributed by atoms with Crippen LogP contribution in [0.1, 0.15) is 0 Å². The maximum absolute atomic E-state index is 6.85. The van der Waals surface area contributed by atoms with Crippen molar-refractivity contribution in [3.63, 3.8) is 0 Å². The molecular formula is C18H23B11ClN. The Morgan fingerprint density at radius 2 is 0.774 bits per heavy atom. The van der Waals surface area contributed by atoms with Gasteiger partial charge in [-0.2, -0.15) is 0 Å². The zero-order valence-electron chi connectivity index (χ0n) is 20.9. The molecule has 3 aromatic carbocycles. The van der Waals surface area contributed by atoms with Gasteiger partial charge in [-0.3, -0.25) is 0 Å². The summed E-state index contributed by atoms with van der Waals surface area (Å²) in [6.07, 6.45) is 0. The Hall–Kier alpha value is -1.54. The molecule has 1 nitrogen and oxygen atoms in total. The van der Waals surface area contributed by atoms with Crippen LogP contribution in [0.25, 0.3) is 32.9 Å². The number of nitrogens with one attached hydrogen (secondary N) is 1. The third-order valence-corrected chi connectivity index (χ3v) is 8.91. The highest BCUT2D eigenvalue weighted by Crippen LogP contribution is 2.29. The third-order valence-electron chi connectivity index (χ3n) is 8.35. The summed E-state index contributed by atoms with van der Waals surface area (Å²) < 4.78 is 0. The van der Waals surface area contributed by atoms with Crippen LogP contribution in [0.2, 0.25) is 5.02 Å². The summed E-state index contributed by atoms with van der Waals surface area (Å²) >= 11 is 6.85. The molecular weight excluding hydrogens is 385 g/mol. The van der Waals surface area contributed by atoms with Gasteiger partial charge in [-0.05, 0) is 11.1 Å². The van der Waals surface area contributed by atoms with E-state index in [0.29, 0.717) is 0 Å². The largest absolute Gasteiger partial charge is 0.355 e. The van der Waals surface area contributed by atoms with E-state index in [4.69, 9.17) is 11.6 Å². The minimum absolute atomic E-state index is 0.887. The van der Waals surface area contributed by atoms with E-state index >= 15 is 0 Å². The van der Waals surface area contributed by atoms with E-state index in [2.05, 4.69) is 91.3 Å². The number of halogens is 1. The second-order valence-corrected chi connectivity index (χ2v) is 9.94. The Balaban J connectivity index is 2.40. The second-order valence-electron chi connectivity index (χ2n) is 9.56. The van der Waals surface area contributed by atoms with Crippen molar-refractivity contribution in [1.82, 2.24) is 4.98 Å². The molecule has 4 rings (SSSR count). The lowest BCUT2D eigenvalue weighted by Gasteiger charge is -2.24. The van der Waals surface area contributed by atoms with Crippen molar-refractivity contribution in [2.75, 3.05) is 0 Å². The number of aromatic amines is 1. The molecule has 0 amide bonds. The number of fused-ring (bicyclic) bond motifs is 3. The van der Waals surface area contributed by atoms with Crippen LogP contribution in [-0.4, -0.2) is 91.3 Å². The van der Waals surface area contributed by atoms with Crippen molar-refractivity contribution < 1.29 is 0 Å². The maximum atomic E-state index is 6.85. The van der Waals surface area contributed by atoms with Crippen molar-refractivity contribution in [2.24, 2.45) is 0 Å². The molecule has 0 unspecified atom stereocenters. The first-order chi connectivity index (χ1) is 14.4. The molecule has 1 aromatic heterocycles. The Morgan fingerprint density at radius 3 is 1.32 bits per heavy atom. The minimum Gasteiger partial charge on any atom is -0.355 e. The summed E-state index contributed by atoms with van der Waals surface area (Å²) in [6, 6.07) is 0. The first-order valence-corrected chi connectivity index (χ1v) is 11.6.